The first kappa shape index (κ1) is 17.9. The third kappa shape index (κ3) is 2.80. The van der Waals surface area contributed by atoms with E-state index < -0.39 is 0 Å². The Labute approximate surface area is 145 Å². The third-order valence-corrected chi connectivity index (χ3v) is 5.59. The molecule has 2 aliphatic heterocycles. The van der Waals surface area contributed by atoms with Crippen LogP contribution in [0.15, 0.2) is 12.1 Å². The molecule has 0 spiro atoms. The van der Waals surface area contributed by atoms with Crippen LogP contribution in [0.3, 0.4) is 0 Å². The predicted molar refractivity (Wildman–Crippen MR) is 93.3 cm³/mol. The Morgan fingerprint density at radius 1 is 0.875 bits per heavy atom. The highest BCUT2D eigenvalue weighted by Gasteiger charge is 2.48. The zero-order valence-corrected chi connectivity index (χ0v) is 15.8. The van der Waals surface area contributed by atoms with Crippen molar-refractivity contribution in [3.05, 3.63) is 34.4 Å². The lowest BCUT2D eigenvalue weighted by molar-refractivity contribution is -0.206. The van der Waals surface area contributed by atoms with Gasteiger partial charge < -0.3 is 18.9 Å². The topological polar surface area (TPSA) is 36.9 Å². The van der Waals surface area contributed by atoms with Crippen LogP contribution >= 0.6 is 0 Å². The molecular formula is C20H30O4. The summed E-state index contributed by atoms with van der Waals surface area (Å²) in [6.45, 7) is 11.7. The van der Waals surface area contributed by atoms with Gasteiger partial charge in [0.2, 0.25) is 0 Å². The van der Waals surface area contributed by atoms with Crippen molar-refractivity contribution in [1.82, 2.24) is 0 Å². The van der Waals surface area contributed by atoms with Crippen LogP contribution in [0, 0.1) is 24.7 Å². The summed E-state index contributed by atoms with van der Waals surface area (Å²) in [5, 5.41) is 0. The lowest BCUT2D eigenvalue weighted by Gasteiger charge is -2.49. The quantitative estimate of drug-likeness (QED) is 0.794. The SMILES string of the molecule is COCC1(C)COC1c1cc(C2OCC2(C)COC)c(C)cc1C. The van der Waals surface area contributed by atoms with Crippen molar-refractivity contribution in [2.45, 2.75) is 39.9 Å². The highest BCUT2D eigenvalue weighted by molar-refractivity contribution is 5.42. The van der Waals surface area contributed by atoms with Crippen molar-refractivity contribution in [1.29, 1.82) is 0 Å². The highest BCUT2D eigenvalue weighted by Crippen LogP contribution is 2.51. The van der Waals surface area contributed by atoms with E-state index in [-0.39, 0.29) is 23.0 Å². The number of rotatable bonds is 6. The van der Waals surface area contributed by atoms with Gasteiger partial charge in [-0.3, -0.25) is 0 Å². The molecule has 1 aromatic rings. The van der Waals surface area contributed by atoms with Crippen LogP contribution in [-0.4, -0.2) is 40.6 Å². The fourth-order valence-corrected chi connectivity index (χ4v) is 4.18. The molecule has 2 saturated heterocycles. The van der Waals surface area contributed by atoms with E-state index in [0.29, 0.717) is 13.2 Å². The van der Waals surface area contributed by atoms with E-state index in [4.69, 9.17) is 18.9 Å². The van der Waals surface area contributed by atoms with Gasteiger partial charge in [0.05, 0.1) is 38.6 Å². The molecule has 4 heteroatoms. The molecule has 2 fully saturated rings. The van der Waals surface area contributed by atoms with Crippen molar-refractivity contribution in [3.8, 4) is 0 Å². The lowest BCUT2D eigenvalue weighted by Crippen LogP contribution is -2.48. The second-order valence-electron chi connectivity index (χ2n) is 8.12. The third-order valence-electron chi connectivity index (χ3n) is 5.59. The fourth-order valence-electron chi connectivity index (χ4n) is 4.18. The van der Waals surface area contributed by atoms with E-state index in [2.05, 4.69) is 39.8 Å². The maximum atomic E-state index is 5.95. The minimum atomic E-state index is 0.0440. The van der Waals surface area contributed by atoms with Gasteiger partial charge in [0.15, 0.2) is 0 Å². The molecule has 0 aliphatic carbocycles. The monoisotopic (exact) mass is 334 g/mol. The summed E-state index contributed by atoms with van der Waals surface area (Å²) in [5.41, 5.74) is 5.16. The lowest BCUT2D eigenvalue weighted by atomic mass is 9.72. The van der Waals surface area contributed by atoms with E-state index >= 15 is 0 Å². The summed E-state index contributed by atoms with van der Waals surface area (Å²) in [7, 11) is 3.51. The maximum absolute atomic E-state index is 5.95. The van der Waals surface area contributed by atoms with Crippen LogP contribution < -0.4 is 0 Å². The maximum Gasteiger partial charge on any atom is 0.0925 e. The number of benzene rings is 1. The molecule has 0 bridgehead atoms. The molecule has 24 heavy (non-hydrogen) atoms. The Kier molecular flexibility index (Phi) is 4.77. The molecule has 0 saturated carbocycles. The van der Waals surface area contributed by atoms with Gasteiger partial charge in [0.25, 0.3) is 0 Å². The van der Waals surface area contributed by atoms with Crippen LogP contribution in [0.1, 0.15) is 48.3 Å². The van der Waals surface area contributed by atoms with E-state index in [1.807, 2.05) is 0 Å². The van der Waals surface area contributed by atoms with Gasteiger partial charge in [-0.15, -0.1) is 0 Å². The van der Waals surface area contributed by atoms with Crippen molar-refractivity contribution in [2.75, 3.05) is 40.6 Å². The van der Waals surface area contributed by atoms with Crippen molar-refractivity contribution >= 4 is 0 Å². The van der Waals surface area contributed by atoms with E-state index in [1.54, 1.807) is 14.2 Å². The predicted octanol–water partition coefficient (Wildman–Crippen LogP) is 3.75. The molecule has 0 amide bonds. The molecule has 0 N–H and O–H groups in total. The molecule has 2 aliphatic rings. The van der Waals surface area contributed by atoms with Gasteiger partial charge in [0.1, 0.15) is 0 Å². The zero-order valence-electron chi connectivity index (χ0n) is 15.8. The van der Waals surface area contributed by atoms with Crippen LogP contribution in [0.2, 0.25) is 0 Å². The second kappa shape index (κ2) is 6.41. The molecule has 2 heterocycles. The number of ether oxygens (including phenoxy) is 4. The Morgan fingerprint density at radius 3 is 1.58 bits per heavy atom. The Balaban J connectivity index is 1.93. The van der Waals surface area contributed by atoms with E-state index in [0.717, 1.165) is 13.2 Å². The summed E-state index contributed by atoms with van der Waals surface area (Å²) in [5.74, 6) is 0. The van der Waals surface area contributed by atoms with Crippen LogP contribution in [0.5, 0.6) is 0 Å². The summed E-state index contributed by atoms with van der Waals surface area (Å²) in [4.78, 5) is 0. The van der Waals surface area contributed by atoms with Gasteiger partial charge in [-0.2, -0.15) is 0 Å². The summed E-state index contributed by atoms with van der Waals surface area (Å²) >= 11 is 0. The molecule has 4 atom stereocenters. The highest BCUT2D eigenvalue weighted by atomic mass is 16.5. The minimum Gasteiger partial charge on any atom is -0.384 e. The molecule has 1 aromatic carbocycles. The first-order chi connectivity index (χ1) is 11.3. The van der Waals surface area contributed by atoms with Gasteiger partial charge in [0, 0.05) is 25.0 Å². The van der Waals surface area contributed by atoms with Crippen molar-refractivity contribution in [2.24, 2.45) is 10.8 Å². The van der Waals surface area contributed by atoms with E-state index in [9.17, 15) is 0 Å². The normalized spacial score (nSPS) is 35.4. The van der Waals surface area contributed by atoms with Crippen LogP contribution in [0.4, 0.5) is 0 Å². The van der Waals surface area contributed by atoms with Gasteiger partial charge >= 0.3 is 0 Å². The molecular weight excluding hydrogens is 304 g/mol. The summed E-state index contributed by atoms with van der Waals surface area (Å²) < 4.78 is 22.7. The fraction of sp³-hybridized carbons (Fsp3) is 0.700. The standard InChI is InChI=1S/C20H30O4/c1-13-7-14(2)16(18-20(4,10-22-6)12-24-18)8-15(13)17-19(3,9-21-5)11-23-17/h7-8,17-18H,9-12H2,1-6H3. The van der Waals surface area contributed by atoms with Gasteiger partial charge in [-0.1, -0.05) is 26.0 Å². The Morgan fingerprint density at radius 2 is 1.29 bits per heavy atom. The average molecular weight is 334 g/mol. The zero-order chi connectivity index (χ0) is 17.5. The largest absolute Gasteiger partial charge is 0.384 e. The Bertz CT molecular complexity index is 565. The van der Waals surface area contributed by atoms with Crippen LogP contribution in [-0.2, 0) is 18.9 Å². The van der Waals surface area contributed by atoms with Gasteiger partial charge in [-0.25, -0.2) is 0 Å². The summed E-state index contributed by atoms with van der Waals surface area (Å²) in [6, 6.07) is 4.55. The molecule has 0 aromatic heterocycles. The number of hydrogen-bond donors (Lipinski definition) is 0. The first-order valence-electron chi connectivity index (χ1n) is 8.67. The second-order valence-corrected chi connectivity index (χ2v) is 8.12. The van der Waals surface area contributed by atoms with Crippen molar-refractivity contribution < 1.29 is 18.9 Å². The van der Waals surface area contributed by atoms with Gasteiger partial charge in [-0.05, 0) is 36.1 Å². The molecule has 134 valence electrons. The molecule has 4 unspecified atom stereocenters. The molecule has 0 radical (unpaired) electrons. The average Bonchev–Trinajstić information content (AvgIpc) is 2.50. The van der Waals surface area contributed by atoms with Crippen LogP contribution in [0.25, 0.3) is 0 Å². The van der Waals surface area contributed by atoms with E-state index in [1.165, 1.54) is 22.3 Å². The first-order valence-corrected chi connectivity index (χ1v) is 8.67. The summed E-state index contributed by atoms with van der Waals surface area (Å²) in [6.07, 6.45) is 0.177. The number of hydrogen-bond acceptors (Lipinski definition) is 4. The minimum absolute atomic E-state index is 0.0440. The molecule has 3 rings (SSSR count). The number of aryl methyl sites for hydroxylation is 2. The smallest absolute Gasteiger partial charge is 0.0925 e. The Hall–Kier alpha value is -0.940. The molecule has 4 nitrogen and oxygen atoms in total. The van der Waals surface area contributed by atoms with Crippen molar-refractivity contribution in [3.63, 3.8) is 0 Å². The number of methoxy groups -OCH3 is 2.